The monoisotopic (exact) mass is 347 g/mol. The minimum atomic E-state index is -1.11. The molecule has 0 bridgehead atoms. The second kappa shape index (κ2) is 9.93. The number of ether oxygens (including phenoxy) is 1. The molecule has 1 aromatic carbocycles. The van der Waals surface area contributed by atoms with Crippen LogP contribution in [0.1, 0.15) is 25.8 Å². The zero-order valence-electron chi connectivity index (χ0n) is 14.1. The van der Waals surface area contributed by atoms with Crippen molar-refractivity contribution in [2.45, 2.75) is 26.3 Å². The van der Waals surface area contributed by atoms with Gasteiger partial charge in [0.1, 0.15) is 11.8 Å². The molecule has 0 aliphatic heterocycles. The highest BCUT2D eigenvalue weighted by molar-refractivity contribution is 5.88. The van der Waals surface area contributed by atoms with Gasteiger partial charge in [0, 0.05) is 0 Å². The quantitative estimate of drug-likeness (QED) is 0.602. The number of carboxylic acids is 1. The number of nitrogens with zero attached hydrogens (tertiary/aromatic N) is 1. The van der Waals surface area contributed by atoms with Gasteiger partial charge >= 0.3 is 5.97 Å². The summed E-state index contributed by atoms with van der Waals surface area (Å²) in [7, 11) is 0. The van der Waals surface area contributed by atoms with Crippen molar-refractivity contribution in [2.24, 2.45) is 5.92 Å². The van der Waals surface area contributed by atoms with Gasteiger partial charge in [-0.1, -0.05) is 13.8 Å². The first kappa shape index (κ1) is 20.0. The van der Waals surface area contributed by atoms with Gasteiger partial charge < -0.3 is 20.5 Å². The maximum atomic E-state index is 11.7. The Hall–Kier alpha value is -3.08. The summed E-state index contributed by atoms with van der Waals surface area (Å²) >= 11 is 0. The largest absolute Gasteiger partial charge is 0.484 e. The molecule has 1 atom stereocenters. The Morgan fingerprint density at radius 2 is 1.84 bits per heavy atom. The number of benzene rings is 1. The highest BCUT2D eigenvalue weighted by Crippen LogP contribution is 2.11. The molecule has 8 nitrogen and oxygen atoms in total. The van der Waals surface area contributed by atoms with E-state index < -0.39 is 23.8 Å². The number of nitrogens with one attached hydrogen (secondary N) is 2. The van der Waals surface area contributed by atoms with E-state index >= 15 is 0 Å². The molecule has 0 spiro atoms. The minimum Gasteiger partial charge on any atom is -0.484 e. The highest BCUT2D eigenvalue weighted by atomic mass is 16.5. The van der Waals surface area contributed by atoms with Crippen molar-refractivity contribution in [2.75, 3.05) is 13.2 Å². The fourth-order valence-electron chi connectivity index (χ4n) is 1.94. The average molecular weight is 347 g/mol. The lowest BCUT2D eigenvalue weighted by atomic mass is 10.0. The van der Waals surface area contributed by atoms with E-state index in [0.717, 1.165) is 0 Å². The Kier molecular flexibility index (Phi) is 7.93. The van der Waals surface area contributed by atoms with Crippen LogP contribution in [0.5, 0.6) is 5.75 Å². The molecule has 0 aromatic heterocycles. The number of hydrogen-bond acceptors (Lipinski definition) is 5. The van der Waals surface area contributed by atoms with Gasteiger partial charge in [-0.2, -0.15) is 5.26 Å². The summed E-state index contributed by atoms with van der Waals surface area (Å²) in [6.45, 7) is 3.07. The van der Waals surface area contributed by atoms with Crippen molar-refractivity contribution >= 4 is 17.8 Å². The molecule has 0 heterocycles. The molecular formula is C17H21N3O5. The Labute approximate surface area is 145 Å². The zero-order valence-corrected chi connectivity index (χ0v) is 14.1. The van der Waals surface area contributed by atoms with Crippen LogP contribution in [0.4, 0.5) is 0 Å². The van der Waals surface area contributed by atoms with Gasteiger partial charge in [0.05, 0.1) is 18.2 Å². The van der Waals surface area contributed by atoms with Crippen LogP contribution in [0.15, 0.2) is 24.3 Å². The van der Waals surface area contributed by atoms with Crippen LogP contribution < -0.4 is 15.4 Å². The molecule has 0 aliphatic rings. The van der Waals surface area contributed by atoms with Gasteiger partial charge in [-0.15, -0.1) is 0 Å². The van der Waals surface area contributed by atoms with E-state index in [1.807, 2.05) is 19.9 Å². The number of rotatable bonds is 9. The number of carboxylic acid groups (broad SMARTS) is 1. The van der Waals surface area contributed by atoms with Crippen molar-refractivity contribution in [3.8, 4) is 11.8 Å². The van der Waals surface area contributed by atoms with Crippen LogP contribution in [-0.4, -0.2) is 42.1 Å². The molecule has 0 radical (unpaired) electrons. The van der Waals surface area contributed by atoms with Crippen LogP contribution in [0.2, 0.25) is 0 Å². The number of amides is 2. The lowest BCUT2D eigenvalue weighted by molar-refractivity contribution is -0.142. The third kappa shape index (κ3) is 7.83. The van der Waals surface area contributed by atoms with E-state index in [1.54, 1.807) is 24.3 Å². The van der Waals surface area contributed by atoms with Crippen LogP contribution in [0, 0.1) is 17.2 Å². The summed E-state index contributed by atoms with van der Waals surface area (Å²) in [6, 6.07) is 7.21. The van der Waals surface area contributed by atoms with Gasteiger partial charge in [-0.05, 0) is 36.6 Å². The molecule has 1 rings (SSSR count). The Balaban J connectivity index is 2.35. The summed E-state index contributed by atoms with van der Waals surface area (Å²) < 4.78 is 5.22. The van der Waals surface area contributed by atoms with Gasteiger partial charge in [0.15, 0.2) is 6.61 Å². The maximum absolute atomic E-state index is 11.7. The number of carbonyl (C=O) groups is 3. The molecule has 2 amide bonds. The molecule has 3 N–H and O–H groups in total. The highest BCUT2D eigenvalue weighted by Gasteiger charge is 2.21. The zero-order chi connectivity index (χ0) is 18.8. The first-order valence-electron chi connectivity index (χ1n) is 7.73. The summed E-state index contributed by atoms with van der Waals surface area (Å²) in [5.74, 6) is -1.69. The van der Waals surface area contributed by atoms with Crippen LogP contribution >= 0.6 is 0 Å². The van der Waals surface area contributed by atoms with Crippen molar-refractivity contribution in [1.82, 2.24) is 10.6 Å². The maximum Gasteiger partial charge on any atom is 0.326 e. The standard InChI is InChI=1S/C17H21N3O5/c1-11(2)7-14(17(23)24)20-15(21)9-19-16(22)10-25-13-5-3-12(8-18)4-6-13/h3-6,11,14H,7,9-10H2,1-2H3,(H,19,22)(H,20,21)(H,23,24)/t14-/m0/s1. The summed E-state index contributed by atoms with van der Waals surface area (Å²) in [5, 5.41) is 22.5. The first-order chi connectivity index (χ1) is 11.8. The predicted molar refractivity (Wildman–Crippen MR) is 88.7 cm³/mol. The Bertz CT molecular complexity index is 649. The van der Waals surface area contributed by atoms with Crippen LogP contribution in [0.3, 0.4) is 0 Å². The summed E-state index contributed by atoms with van der Waals surface area (Å²) in [4.78, 5) is 34.5. The van der Waals surface area contributed by atoms with Crippen molar-refractivity contribution in [1.29, 1.82) is 5.26 Å². The Morgan fingerprint density at radius 3 is 2.36 bits per heavy atom. The summed E-state index contributed by atoms with van der Waals surface area (Å²) in [5.41, 5.74) is 0.475. The molecule has 0 saturated carbocycles. The lowest BCUT2D eigenvalue weighted by Gasteiger charge is -2.16. The fraction of sp³-hybridized carbons (Fsp3) is 0.412. The van der Waals surface area contributed by atoms with Gasteiger partial charge in [0.25, 0.3) is 5.91 Å². The van der Waals surface area contributed by atoms with Crippen molar-refractivity contribution in [3.05, 3.63) is 29.8 Å². The topological polar surface area (TPSA) is 129 Å². The van der Waals surface area contributed by atoms with E-state index in [-0.39, 0.29) is 19.1 Å². The smallest absolute Gasteiger partial charge is 0.326 e. The van der Waals surface area contributed by atoms with E-state index in [1.165, 1.54) is 0 Å². The normalized spacial score (nSPS) is 11.3. The van der Waals surface area contributed by atoms with E-state index in [2.05, 4.69) is 10.6 Å². The van der Waals surface area contributed by atoms with Gasteiger partial charge in [-0.3, -0.25) is 9.59 Å². The number of carbonyl (C=O) groups excluding carboxylic acids is 2. The molecule has 0 unspecified atom stereocenters. The average Bonchev–Trinajstić information content (AvgIpc) is 2.57. The molecule has 25 heavy (non-hydrogen) atoms. The van der Waals surface area contributed by atoms with Crippen LogP contribution in [-0.2, 0) is 14.4 Å². The molecule has 0 fully saturated rings. The SMILES string of the molecule is CC(C)C[C@H](NC(=O)CNC(=O)COc1ccc(C#N)cc1)C(=O)O. The fourth-order valence-corrected chi connectivity index (χ4v) is 1.94. The van der Waals surface area contributed by atoms with Crippen LogP contribution in [0.25, 0.3) is 0 Å². The Morgan fingerprint density at radius 1 is 1.20 bits per heavy atom. The lowest BCUT2D eigenvalue weighted by Crippen LogP contribution is -2.46. The second-order valence-corrected chi connectivity index (χ2v) is 5.79. The molecule has 8 heteroatoms. The van der Waals surface area contributed by atoms with Gasteiger partial charge in [0.2, 0.25) is 5.91 Å². The third-order valence-corrected chi connectivity index (χ3v) is 3.14. The second-order valence-electron chi connectivity index (χ2n) is 5.79. The van der Waals surface area contributed by atoms with E-state index in [0.29, 0.717) is 17.7 Å². The molecular weight excluding hydrogens is 326 g/mol. The van der Waals surface area contributed by atoms with E-state index in [9.17, 15) is 14.4 Å². The molecule has 134 valence electrons. The third-order valence-electron chi connectivity index (χ3n) is 3.14. The first-order valence-corrected chi connectivity index (χ1v) is 7.73. The summed E-state index contributed by atoms with van der Waals surface area (Å²) in [6.07, 6.45) is 0.302. The number of hydrogen-bond donors (Lipinski definition) is 3. The van der Waals surface area contributed by atoms with Gasteiger partial charge in [-0.25, -0.2) is 4.79 Å². The number of aliphatic carboxylic acids is 1. The minimum absolute atomic E-state index is 0.108. The van der Waals surface area contributed by atoms with E-state index in [4.69, 9.17) is 15.1 Å². The van der Waals surface area contributed by atoms with Crippen molar-refractivity contribution < 1.29 is 24.2 Å². The van der Waals surface area contributed by atoms with Crippen molar-refractivity contribution in [3.63, 3.8) is 0 Å². The number of nitriles is 1. The molecule has 0 aliphatic carbocycles. The predicted octanol–water partition coefficient (Wildman–Crippen LogP) is 0.669. The molecule has 1 aromatic rings. The molecule has 0 saturated heterocycles.